The van der Waals surface area contributed by atoms with Gasteiger partial charge in [0.15, 0.2) is 6.61 Å². The molecule has 2 heterocycles. The van der Waals surface area contributed by atoms with Crippen molar-refractivity contribution >= 4 is 5.91 Å². The van der Waals surface area contributed by atoms with E-state index in [2.05, 4.69) is 10.4 Å². The van der Waals surface area contributed by atoms with E-state index in [9.17, 15) is 4.79 Å². The smallest absolute Gasteiger partial charge is 0.258 e. The normalized spacial score (nSPS) is 11.9. The Kier molecular flexibility index (Phi) is 4.96. The number of rotatable bonds is 7. The van der Waals surface area contributed by atoms with E-state index in [0.29, 0.717) is 12.3 Å². The van der Waals surface area contributed by atoms with Crippen molar-refractivity contribution in [3.05, 3.63) is 72.4 Å². The second kappa shape index (κ2) is 7.50. The highest BCUT2D eigenvalue weighted by Crippen LogP contribution is 2.18. The maximum atomic E-state index is 12.1. The zero-order valence-corrected chi connectivity index (χ0v) is 13.4. The van der Waals surface area contributed by atoms with Crippen molar-refractivity contribution in [1.82, 2.24) is 15.1 Å². The van der Waals surface area contributed by atoms with Crippen LogP contribution in [0.25, 0.3) is 0 Å². The summed E-state index contributed by atoms with van der Waals surface area (Å²) >= 11 is 0. The van der Waals surface area contributed by atoms with Gasteiger partial charge < -0.3 is 14.5 Å². The van der Waals surface area contributed by atoms with Crippen LogP contribution in [0.5, 0.6) is 5.75 Å². The zero-order valence-electron chi connectivity index (χ0n) is 13.4. The van der Waals surface area contributed by atoms with E-state index in [-0.39, 0.29) is 18.6 Å². The molecule has 1 aromatic carbocycles. The first-order valence-electron chi connectivity index (χ1n) is 7.71. The van der Waals surface area contributed by atoms with Gasteiger partial charge in [-0.3, -0.25) is 9.48 Å². The van der Waals surface area contributed by atoms with Crippen molar-refractivity contribution in [3.63, 3.8) is 0 Å². The van der Waals surface area contributed by atoms with Gasteiger partial charge >= 0.3 is 0 Å². The van der Waals surface area contributed by atoms with Gasteiger partial charge in [0.1, 0.15) is 17.6 Å². The van der Waals surface area contributed by atoms with Crippen LogP contribution in [0.3, 0.4) is 0 Å². The van der Waals surface area contributed by atoms with Crippen molar-refractivity contribution in [1.29, 1.82) is 0 Å². The molecule has 0 radical (unpaired) electrons. The lowest BCUT2D eigenvalue weighted by Crippen LogP contribution is -2.34. The Morgan fingerprint density at radius 1 is 1.29 bits per heavy atom. The Morgan fingerprint density at radius 2 is 2.17 bits per heavy atom. The van der Waals surface area contributed by atoms with E-state index < -0.39 is 0 Å². The molecule has 0 aliphatic rings. The van der Waals surface area contributed by atoms with E-state index in [1.165, 1.54) is 0 Å². The molecule has 0 unspecified atom stereocenters. The van der Waals surface area contributed by atoms with Crippen LogP contribution in [0.15, 0.2) is 65.5 Å². The summed E-state index contributed by atoms with van der Waals surface area (Å²) in [7, 11) is 0. The van der Waals surface area contributed by atoms with Crippen LogP contribution in [-0.2, 0) is 4.79 Å². The topological polar surface area (TPSA) is 69.3 Å². The molecule has 0 aliphatic heterocycles. The van der Waals surface area contributed by atoms with Crippen LogP contribution in [-0.4, -0.2) is 28.8 Å². The van der Waals surface area contributed by atoms with Crippen molar-refractivity contribution < 1.29 is 13.9 Å². The zero-order chi connectivity index (χ0) is 16.8. The number of nitrogens with zero attached hydrogens (tertiary/aromatic N) is 2. The molecule has 3 aromatic rings. The second-order valence-corrected chi connectivity index (χ2v) is 5.38. The monoisotopic (exact) mass is 325 g/mol. The first-order chi connectivity index (χ1) is 11.7. The summed E-state index contributed by atoms with van der Waals surface area (Å²) in [5.41, 5.74) is 0.996. The van der Waals surface area contributed by atoms with Gasteiger partial charge in [0, 0.05) is 18.9 Å². The predicted molar refractivity (Wildman–Crippen MR) is 88.8 cm³/mol. The van der Waals surface area contributed by atoms with Crippen molar-refractivity contribution in [2.75, 3.05) is 13.2 Å². The molecule has 6 heteroatoms. The summed E-state index contributed by atoms with van der Waals surface area (Å²) in [5.74, 6) is 1.25. The highest BCUT2D eigenvalue weighted by atomic mass is 16.5. The van der Waals surface area contributed by atoms with Gasteiger partial charge in [0.05, 0.1) is 6.26 Å². The van der Waals surface area contributed by atoms with Gasteiger partial charge in [-0.25, -0.2) is 0 Å². The average molecular weight is 325 g/mol. The largest absolute Gasteiger partial charge is 0.484 e. The lowest BCUT2D eigenvalue weighted by atomic mass is 10.2. The summed E-state index contributed by atoms with van der Waals surface area (Å²) < 4.78 is 12.8. The fourth-order valence-electron chi connectivity index (χ4n) is 2.39. The number of benzene rings is 1. The molecule has 3 rings (SSSR count). The number of hydrogen-bond donors (Lipinski definition) is 1. The molecule has 0 spiro atoms. The molecule has 0 fully saturated rings. The molecule has 0 aliphatic carbocycles. The van der Waals surface area contributed by atoms with E-state index in [1.54, 1.807) is 17.1 Å². The molecule has 1 amide bonds. The first-order valence-corrected chi connectivity index (χ1v) is 7.71. The molecule has 124 valence electrons. The van der Waals surface area contributed by atoms with Gasteiger partial charge in [-0.15, -0.1) is 0 Å². The Morgan fingerprint density at radius 3 is 2.88 bits per heavy atom. The molecule has 0 saturated heterocycles. The van der Waals surface area contributed by atoms with E-state index in [4.69, 9.17) is 9.15 Å². The van der Waals surface area contributed by atoms with Crippen LogP contribution in [0.1, 0.15) is 17.4 Å². The maximum absolute atomic E-state index is 12.1. The van der Waals surface area contributed by atoms with Gasteiger partial charge in [0.25, 0.3) is 5.91 Å². The van der Waals surface area contributed by atoms with Crippen molar-refractivity contribution in [3.8, 4) is 5.75 Å². The van der Waals surface area contributed by atoms with Gasteiger partial charge in [-0.05, 0) is 36.8 Å². The van der Waals surface area contributed by atoms with Crippen LogP contribution < -0.4 is 10.1 Å². The Bertz CT molecular complexity index is 732. The highest BCUT2D eigenvalue weighted by molar-refractivity contribution is 5.77. The predicted octanol–water partition coefficient (Wildman–Crippen LogP) is 2.57. The molecular formula is C18H19N3O3. The molecule has 2 aromatic heterocycles. The van der Waals surface area contributed by atoms with E-state index >= 15 is 0 Å². The average Bonchev–Trinajstić information content (AvgIpc) is 3.28. The van der Waals surface area contributed by atoms with Crippen LogP contribution >= 0.6 is 0 Å². The number of aryl methyl sites for hydroxylation is 1. The number of amides is 1. The van der Waals surface area contributed by atoms with Crippen molar-refractivity contribution in [2.24, 2.45) is 0 Å². The molecule has 6 nitrogen and oxygen atoms in total. The Hall–Kier alpha value is -3.02. The van der Waals surface area contributed by atoms with Crippen LogP contribution in [0.2, 0.25) is 0 Å². The minimum atomic E-state index is -0.197. The maximum Gasteiger partial charge on any atom is 0.258 e. The Labute approximate surface area is 140 Å². The number of furan rings is 1. The number of hydrogen-bond acceptors (Lipinski definition) is 4. The lowest BCUT2D eigenvalue weighted by Gasteiger charge is -2.16. The number of aromatic nitrogens is 2. The number of carbonyl (C=O) groups excluding carboxylic acids is 1. The van der Waals surface area contributed by atoms with Gasteiger partial charge in [-0.1, -0.05) is 18.2 Å². The lowest BCUT2D eigenvalue weighted by molar-refractivity contribution is -0.123. The highest BCUT2D eigenvalue weighted by Gasteiger charge is 2.18. The Balaban J connectivity index is 1.57. The minimum Gasteiger partial charge on any atom is -0.484 e. The van der Waals surface area contributed by atoms with Crippen LogP contribution in [0, 0.1) is 6.92 Å². The second-order valence-electron chi connectivity index (χ2n) is 5.38. The third kappa shape index (κ3) is 3.84. The minimum absolute atomic E-state index is 0.0329. The molecule has 1 atom stereocenters. The van der Waals surface area contributed by atoms with Gasteiger partial charge in [-0.2, -0.15) is 5.10 Å². The summed E-state index contributed by atoms with van der Waals surface area (Å²) in [4.78, 5) is 12.1. The summed E-state index contributed by atoms with van der Waals surface area (Å²) in [5, 5.41) is 7.09. The number of nitrogens with one attached hydrogen (secondary N) is 1. The molecular weight excluding hydrogens is 306 g/mol. The van der Waals surface area contributed by atoms with Crippen molar-refractivity contribution in [2.45, 2.75) is 13.0 Å². The SMILES string of the molecule is Cc1ccccc1OCC(=O)NC[C@@H](c1ccco1)n1cccn1. The molecule has 1 N–H and O–H groups in total. The quantitative estimate of drug-likeness (QED) is 0.725. The molecule has 0 bridgehead atoms. The fraction of sp³-hybridized carbons (Fsp3) is 0.222. The van der Waals surface area contributed by atoms with Gasteiger partial charge in [0.2, 0.25) is 0 Å². The van der Waals surface area contributed by atoms with E-state index in [0.717, 1.165) is 11.3 Å². The fourth-order valence-corrected chi connectivity index (χ4v) is 2.39. The summed E-state index contributed by atoms with van der Waals surface area (Å²) in [6.45, 7) is 2.28. The summed E-state index contributed by atoms with van der Waals surface area (Å²) in [6, 6.07) is 12.9. The number of ether oxygens (including phenoxy) is 1. The third-order valence-corrected chi connectivity index (χ3v) is 3.66. The molecule has 24 heavy (non-hydrogen) atoms. The number of para-hydroxylation sites is 1. The summed E-state index contributed by atoms with van der Waals surface area (Å²) in [6.07, 6.45) is 5.14. The van der Waals surface area contributed by atoms with Crippen LogP contribution in [0.4, 0.5) is 0 Å². The van der Waals surface area contributed by atoms with E-state index in [1.807, 2.05) is 55.6 Å². The standard InChI is InChI=1S/C18H19N3O3/c1-14-6-2-3-7-16(14)24-13-18(22)19-12-15(17-8-4-11-23-17)21-10-5-9-20-21/h2-11,15H,12-13H2,1H3,(H,19,22)/t15-/m0/s1. The number of carbonyl (C=O) groups is 1. The third-order valence-electron chi connectivity index (χ3n) is 3.66. The first kappa shape index (κ1) is 15.9. The molecule has 0 saturated carbocycles.